The van der Waals surface area contributed by atoms with Crippen molar-refractivity contribution < 1.29 is 4.79 Å². The third-order valence-corrected chi connectivity index (χ3v) is 6.42. The predicted molar refractivity (Wildman–Crippen MR) is 148 cm³/mol. The molecule has 2 aromatic carbocycles. The molecule has 0 aliphatic heterocycles. The monoisotopic (exact) mass is 489 g/mol. The topological polar surface area (TPSA) is 74.9 Å². The third kappa shape index (κ3) is 6.62. The summed E-state index contributed by atoms with van der Waals surface area (Å²) in [4.78, 5) is 24.4. The molecule has 5 nitrogen and oxygen atoms in total. The Morgan fingerprint density at radius 1 is 0.919 bits per heavy atom. The fraction of sp³-hybridized carbons (Fsp3) is 0.219. The van der Waals surface area contributed by atoms with Gasteiger partial charge in [0.15, 0.2) is 0 Å². The number of rotatable bonds is 8. The van der Waals surface area contributed by atoms with Crippen molar-refractivity contribution in [3.8, 4) is 28.3 Å². The molecule has 0 saturated carbocycles. The lowest BCUT2D eigenvalue weighted by Gasteiger charge is -2.15. The molecule has 0 saturated heterocycles. The first-order valence-corrected chi connectivity index (χ1v) is 12.6. The van der Waals surface area contributed by atoms with E-state index in [9.17, 15) is 14.9 Å². The molecule has 0 radical (unpaired) electrons. The average Bonchev–Trinajstić information content (AvgIpc) is 3.52. The van der Waals surface area contributed by atoms with Gasteiger partial charge in [-0.25, -0.2) is 0 Å². The molecule has 1 heterocycles. The highest BCUT2D eigenvalue weighted by atomic mass is 16.1. The summed E-state index contributed by atoms with van der Waals surface area (Å²) in [6, 6.07) is 30.0. The van der Waals surface area contributed by atoms with E-state index in [1.54, 1.807) is 0 Å². The van der Waals surface area contributed by atoms with Crippen molar-refractivity contribution in [1.82, 2.24) is 9.88 Å². The Balaban J connectivity index is 0.000000458. The Morgan fingerprint density at radius 2 is 1.65 bits per heavy atom. The largest absolute Gasteiger partial charge is 0.352 e. The van der Waals surface area contributed by atoms with E-state index in [-0.39, 0.29) is 18.0 Å². The van der Waals surface area contributed by atoms with Crippen LogP contribution < -0.4 is 10.9 Å². The van der Waals surface area contributed by atoms with Gasteiger partial charge in [-0.15, -0.1) is 0 Å². The quantitative estimate of drug-likeness (QED) is 0.287. The van der Waals surface area contributed by atoms with Crippen LogP contribution in [0.3, 0.4) is 0 Å². The number of pyridine rings is 1. The van der Waals surface area contributed by atoms with Crippen molar-refractivity contribution in [2.24, 2.45) is 0 Å². The molecule has 0 spiro atoms. The lowest BCUT2D eigenvalue weighted by atomic mass is 9.99. The SMILES string of the molecule is CCCCc1ccc(CNC(C)=O)c(=O)n1Cc1ccc(-c2ccccc2C#N)cc1.c1cc2cc-2c1. The Hall–Kier alpha value is -4.43. The van der Waals surface area contributed by atoms with Gasteiger partial charge in [0.05, 0.1) is 18.2 Å². The predicted octanol–water partition coefficient (Wildman–Crippen LogP) is 6.08. The minimum absolute atomic E-state index is 0.0683. The second-order valence-electron chi connectivity index (χ2n) is 9.19. The maximum absolute atomic E-state index is 13.1. The molecule has 1 amide bonds. The number of fused-ring (bicyclic) bond motifs is 1. The van der Waals surface area contributed by atoms with Gasteiger partial charge in [-0.2, -0.15) is 5.26 Å². The summed E-state index contributed by atoms with van der Waals surface area (Å²) in [6.45, 7) is 4.27. The van der Waals surface area contributed by atoms with Gasteiger partial charge >= 0.3 is 0 Å². The molecule has 37 heavy (non-hydrogen) atoms. The summed E-state index contributed by atoms with van der Waals surface area (Å²) in [6.07, 6.45) is 2.89. The number of carbonyl (C=O) groups is 1. The first kappa shape index (κ1) is 25.7. The van der Waals surface area contributed by atoms with Crippen LogP contribution >= 0.6 is 0 Å². The summed E-state index contributed by atoms with van der Waals surface area (Å²) < 4.78 is 1.81. The molecule has 0 unspecified atom stereocenters. The van der Waals surface area contributed by atoms with E-state index in [4.69, 9.17) is 0 Å². The second-order valence-corrected chi connectivity index (χ2v) is 9.19. The van der Waals surface area contributed by atoms with Crippen LogP contribution in [0.1, 0.15) is 49.1 Å². The first-order valence-electron chi connectivity index (χ1n) is 12.6. The van der Waals surface area contributed by atoms with E-state index in [2.05, 4.69) is 42.6 Å². The lowest BCUT2D eigenvalue weighted by molar-refractivity contribution is -0.119. The lowest BCUT2D eigenvalue weighted by Crippen LogP contribution is -2.31. The number of hydrogen-bond donors (Lipinski definition) is 1. The maximum atomic E-state index is 13.1. The van der Waals surface area contributed by atoms with Crippen molar-refractivity contribution >= 4 is 5.91 Å². The number of nitriles is 1. The van der Waals surface area contributed by atoms with Crippen LogP contribution in [0.4, 0.5) is 0 Å². The molecule has 0 fully saturated rings. The zero-order valence-electron chi connectivity index (χ0n) is 21.3. The standard InChI is InChI=1S/C26H27N3O2.C6H4/c1-3-4-8-24-15-14-23(17-28-19(2)30)26(31)29(24)18-20-10-12-21(13-11-20)25-9-6-5-7-22(25)16-27;1-2-5-4-6(5)3-1/h5-7,9-15H,3-4,8,17-18H2,1-2H3,(H,28,30);1-4H. The minimum atomic E-state index is -0.158. The van der Waals surface area contributed by atoms with Crippen LogP contribution in [0.25, 0.3) is 22.3 Å². The molecule has 5 heteroatoms. The van der Waals surface area contributed by atoms with Crippen LogP contribution in [0.2, 0.25) is 0 Å². The van der Waals surface area contributed by atoms with E-state index >= 15 is 0 Å². The van der Waals surface area contributed by atoms with Gasteiger partial charge in [0.25, 0.3) is 5.56 Å². The molecule has 2 aliphatic carbocycles. The Labute approximate surface area is 218 Å². The Morgan fingerprint density at radius 3 is 2.24 bits per heavy atom. The van der Waals surface area contributed by atoms with Gasteiger partial charge in [-0.05, 0) is 64.9 Å². The zero-order valence-corrected chi connectivity index (χ0v) is 21.3. The molecule has 2 aliphatic rings. The van der Waals surface area contributed by atoms with Gasteiger partial charge in [0, 0.05) is 24.7 Å². The van der Waals surface area contributed by atoms with Gasteiger partial charge < -0.3 is 9.88 Å². The van der Waals surface area contributed by atoms with E-state index in [1.165, 1.54) is 18.1 Å². The highest BCUT2D eigenvalue weighted by Crippen LogP contribution is 2.32. The second kappa shape index (κ2) is 12.0. The molecular formula is C32H31N3O2. The summed E-state index contributed by atoms with van der Waals surface area (Å²) in [5, 5.41) is 12.1. The van der Waals surface area contributed by atoms with Crippen molar-refractivity contribution in [2.75, 3.05) is 0 Å². The van der Waals surface area contributed by atoms with Crippen LogP contribution in [0.5, 0.6) is 0 Å². The fourth-order valence-electron chi connectivity index (χ4n) is 4.25. The number of unbranched alkanes of at least 4 members (excludes halogenated alkanes) is 1. The molecule has 0 atom stereocenters. The van der Waals surface area contributed by atoms with Gasteiger partial charge in [-0.3, -0.25) is 9.59 Å². The number of benzene rings is 3. The summed E-state index contributed by atoms with van der Waals surface area (Å²) in [7, 11) is 0. The minimum Gasteiger partial charge on any atom is -0.352 e. The molecule has 186 valence electrons. The third-order valence-electron chi connectivity index (χ3n) is 6.42. The molecular weight excluding hydrogens is 458 g/mol. The van der Waals surface area contributed by atoms with Crippen molar-refractivity contribution in [3.05, 3.63) is 118 Å². The van der Waals surface area contributed by atoms with E-state index in [1.807, 2.05) is 65.2 Å². The molecule has 1 aromatic heterocycles. The molecule has 5 rings (SSSR count). The Bertz CT molecular complexity index is 1480. The smallest absolute Gasteiger partial charge is 0.256 e. The number of hydrogen-bond acceptors (Lipinski definition) is 3. The number of nitrogens with one attached hydrogen (secondary N) is 1. The number of nitrogens with zero attached hydrogens (tertiary/aromatic N) is 2. The van der Waals surface area contributed by atoms with Gasteiger partial charge in [0.2, 0.25) is 5.91 Å². The maximum Gasteiger partial charge on any atom is 0.256 e. The fourth-order valence-corrected chi connectivity index (χ4v) is 4.25. The van der Waals surface area contributed by atoms with E-state index in [0.717, 1.165) is 41.6 Å². The highest BCUT2D eigenvalue weighted by molar-refractivity contribution is 5.80. The Kier molecular flexibility index (Phi) is 8.33. The van der Waals surface area contributed by atoms with Crippen LogP contribution in [-0.2, 0) is 24.3 Å². The van der Waals surface area contributed by atoms with Gasteiger partial charge in [-0.1, -0.05) is 74.0 Å². The number of amides is 1. The van der Waals surface area contributed by atoms with Crippen LogP contribution in [0.15, 0.2) is 89.7 Å². The summed E-state index contributed by atoms with van der Waals surface area (Å²) in [5.41, 5.74) is 7.88. The van der Waals surface area contributed by atoms with Crippen molar-refractivity contribution in [2.45, 2.75) is 46.2 Å². The summed E-state index contributed by atoms with van der Waals surface area (Å²) >= 11 is 0. The molecule has 0 bridgehead atoms. The van der Waals surface area contributed by atoms with Crippen molar-refractivity contribution in [3.63, 3.8) is 0 Å². The molecule has 3 aromatic rings. The van der Waals surface area contributed by atoms with Crippen LogP contribution in [-0.4, -0.2) is 10.5 Å². The van der Waals surface area contributed by atoms with E-state index in [0.29, 0.717) is 17.7 Å². The number of aromatic nitrogens is 1. The summed E-state index contributed by atoms with van der Waals surface area (Å²) in [5.74, 6) is -0.158. The van der Waals surface area contributed by atoms with Crippen molar-refractivity contribution in [1.29, 1.82) is 5.26 Å². The average molecular weight is 490 g/mol. The number of carbonyl (C=O) groups excluding carboxylic acids is 1. The van der Waals surface area contributed by atoms with Crippen LogP contribution in [0, 0.1) is 11.3 Å². The zero-order chi connectivity index (χ0) is 26.2. The number of aryl methyl sites for hydroxylation is 1. The first-order chi connectivity index (χ1) is 18.0. The van der Waals surface area contributed by atoms with E-state index < -0.39 is 0 Å². The van der Waals surface area contributed by atoms with Gasteiger partial charge in [0.1, 0.15) is 0 Å². The highest BCUT2D eigenvalue weighted by Gasteiger charge is 2.11. The normalized spacial score (nSPS) is 10.6. The molecule has 1 N–H and O–H groups in total.